The Morgan fingerprint density at radius 2 is 2.20 bits per heavy atom. The Morgan fingerprint density at radius 3 is 2.90 bits per heavy atom. The Morgan fingerprint density at radius 1 is 1.40 bits per heavy atom. The number of fused-ring (bicyclic) bond motifs is 1. The van der Waals surface area contributed by atoms with Gasteiger partial charge in [-0.2, -0.15) is 0 Å². The minimum Gasteiger partial charge on any atom is -0.392 e. The van der Waals surface area contributed by atoms with Gasteiger partial charge in [0.25, 0.3) is 0 Å². The number of hydrogen-bond acceptors (Lipinski definition) is 4. The van der Waals surface area contributed by atoms with E-state index in [-0.39, 0.29) is 11.4 Å². The fourth-order valence-electron chi connectivity index (χ4n) is 1.94. The fraction of sp³-hybridized carbons (Fsp3) is 0.533. The molecule has 5 heteroatoms. The van der Waals surface area contributed by atoms with Gasteiger partial charge in [0, 0.05) is 18.0 Å². The van der Waals surface area contributed by atoms with E-state index in [4.69, 9.17) is 0 Å². The molecule has 2 N–H and O–H groups in total. The molecular formula is C15H23N3OS. The summed E-state index contributed by atoms with van der Waals surface area (Å²) in [5.74, 6) is 0. The monoisotopic (exact) mass is 293 g/mol. The van der Waals surface area contributed by atoms with Gasteiger partial charge in [0.2, 0.25) is 0 Å². The second kappa shape index (κ2) is 7.11. The summed E-state index contributed by atoms with van der Waals surface area (Å²) in [6.07, 6.45) is 2.81. The highest BCUT2D eigenvalue weighted by molar-refractivity contribution is 7.99. The van der Waals surface area contributed by atoms with Crippen molar-refractivity contribution < 1.29 is 5.11 Å². The Balaban J connectivity index is 2.28. The van der Waals surface area contributed by atoms with Gasteiger partial charge in [0.15, 0.2) is 0 Å². The van der Waals surface area contributed by atoms with Crippen LogP contribution in [0.15, 0.2) is 29.4 Å². The third kappa shape index (κ3) is 3.53. The topological polar surface area (TPSA) is 49.6 Å². The lowest BCUT2D eigenvalue weighted by molar-refractivity contribution is 0.196. The zero-order valence-corrected chi connectivity index (χ0v) is 13.2. The molecule has 0 radical (unpaired) electrons. The summed E-state index contributed by atoms with van der Waals surface area (Å²) in [5.41, 5.74) is 2.13. The highest BCUT2D eigenvalue weighted by Gasteiger charge is 2.17. The van der Waals surface area contributed by atoms with Crippen LogP contribution in [0.25, 0.3) is 5.65 Å². The van der Waals surface area contributed by atoms with Gasteiger partial charge < -0.3 is 14.8 Å². The van der Waals surface area contributed by atoms with Crippen LogP contribution in [0.5, 0.6) is 0 Å². The quantitative estimate of drug-likeness (QED) is 0.609. The molecule has 2 rings (SSSR count). The number of imidazole rings is 1. The van der Waals surface area contributed by atoms with Crippen molar-refractivity contribution in [3.05, 3.63) is 30.1 Å². The van der Waals surface area contributed by atoms with Gasteiger partial charge in [0.05, 0.1) is 11.8 Å². The van der Waals surface area contributed by atoms with E-state index in [0.717, 1.165) is 30.2 Å². The predicted molar refractivity (Wildman–Crippen MR) is 84.2 cm³/mol. The van der Waals surface area contributed by atoms with Gasteiger partial charge >= 0.3 is 0 Å². The number of rotatable bonds is 7. The average molecular weight is 293 g/mol. The number of nitrogens with one attached hydrogen (secondary N) is 1. The fourth-order valence-corrected chi connectivity index (χ4v) is 2.94. The highest BCUT2D eigenvalue weighted by Crippen LogP contribution is 2.28. The molecule has 2 unspecified atom stereocenters. The van der Waals surface area contributed by atoms with Crippen molar-refractivity contribution in [3.8, 4) is 0 Å². The third-order valence-corrected chi connectivity index (χ3v) is 4.60. The summed E-state index contributed by atoms with van der Waals surface area (Å²) in [7, 11) is 0. The zero-order chi connectivity index (χ0) is 14.5. The minimum absolute atomic E-state index is 0.129. The number of nitrogens with zero attached hydrogens (tertiary/aromatic N) is 2. The van der Waals surface area contributed by atoms with Crippen molar-refractivity contribution in [2.24, 2.45) is 0 Å². The molecule has 0 aliphatic rings. The van der Waals surface area contributed by atoms with E-state index in [0.29, 0.717) is 0 Å². The highest BCUT2D eigenvalue weighted by atomic mass is 32.2. The zero-order valence-electron chi connectivity index (χ0n) is 12.3. The van der Waals surface area contributed by atoms with E-state index in [1.165, 1.54) is 5.69 Å². The molecule has 4 nitrogen and oxygen atoms in total. The lowest BCUT2D eigenvalue weighted by Gasteiger charge is -2.13. The van der Waals surface area contributed by atoms with Crippen LogP contribution in [-0.4, -0.2) is 32.4 Å². The van der Waals surface area contributed by atoms with Gasteiger partial charge in [-0.3, -0.25) is 0 Å². The summed E-state index contributed by atoms with van der Waals surface area (Å²) in [5, 5.41) is 14.3. The molecule has 0 aliphatic carbocycles. The maximum atomic E-state index is 9.69. The lowest BCUT2D eigenvalue weighted by Crippen LogP contribution is -2.18. The molecule has 20 heavy (non-hydrogen) atoms. The largest absolute Gasteiger partial charge is 0.392 e. The first-order valence-corrected chi connectivity index (χ1v) is 8.02. The average Bonchev–Trinajstić information content (AvgIpc) is 2.77. The predicted octanol–water partition coefficient (Wildman–Crippen LogP) is 2.70. The number of aromatic nitrogens is 2. The van der Waals surface area contributed by atoms with Gasteiger partial charge in [-0.25, -0.2) is 4.98 Å². The second-order valence-electron chi connectivity index (χ2n) is 5.03. The van der Waals surface area contributed by atoms with Crippen LogP contribution in [0, 0.1) is 0 Å². The number of hydrogen-bond donors (Lipinski definition) is 2. The molecule has 0 saturated heterocycles. The first kappa shape index (κ1) is 15.4. The molecule has 0 fully saturated rings. The lowest BCUT2D eigenvalue weighted by atomic mass is 10.3. The van der Waals surface area contributed by atoms with Crippen molar-refractivity contribution in [2.75, 3.05) is 6.54 Å². The first-order valence-electron chi connectivity index (χ1n) is 7.15. The van der Waals surface area contributed by atoms with Gasteiger partial charge in [0.1, 0.15) is 10.7 Å². The Kier molecular flexibility index (Phi) is 5.46. The maximum Gasteiger partial charge on any atom is 0.138 e. The molecule has 0 saturated carbocycles. The molecule has 0 aromatic carbocycles. The van der Waals surface area contributed by atoms with Crippen LogP contribution in [0.1, 0.15) is 32.9 Å². The molecule has 0 aliphatic heterocycles. The SMILES string of the molecule is CCCNCc1c(SC(C)C(C)O)nc2ccccn12. The van der Waals surface area contributed by atoms with Crippen molar-refractivity contribution in [1.29, 1.82) is 0 Å². The van der Waals surface area contributed by atoms with Gasteiger partial charge in [-0.15, -0.1) is 0 Å². The molecule has 2 heterocycles. The van der Waals surface area contributed by atoms with Crippen LogP contribution in [0.3, 0.4) is 0 Å². The first-order chi connectivity index (χ1) is 9.63. The molecule has 2 aromatic rings. The number of thioether (sulfide) groups is 1. The summed E-state index contributed by atoms with van der Waals surface area (Å²) >= 11 is 1.64. The van der Waals surface area contributed by atoms with Crippen LogP contribution in [-0.2, 0) is 6.54 Å². The summed E-state index contributed by atoms with van der Waals surface area (Å²) in [6, 6.07) is 6.03. The van der Waals surface area contributed by atoms with Crippen LogP contribution in [0.4, 0.5) is 0 Å². The van der Waals surface area contributed by atoms with E-state index < -0.39 is 0 Å². The third-order valence-electron chi connectivity index (χ3n) is 3.29. The molecule has 2 atom stereocenters. The molecule has 0 bridgehead atoms. The van der Waals surface area contributed by atoms with Crippen molar-refractivity contribution >= 4 is 17.4 Å². The van der Waals surface area contributed by atoms with Crippen LogP contribution < -0.4 is 5.32 Å². The van der Waals surface area contributed by atoms with Crippen molar-refractivity contribution in [2.45, 2.75) is 50.1 Å². The molecule has 2 aromatic heterocycles. The summed E-state index contributed by atoms with van der Waals surface area (Å²) in [6.45, 7) is 7.81. The van der Waals surface area contributed by atoms with E-state index in [1.54, 1.807) is 11.8 Å². The van der Waals surface area contributed by atoms with Crippen LogP contribution in [0.2, 0.25) is 0 Å². The van der Waals surface area contributed by atoms with Crippen molar-refractivity contribution in [3.63, 3.8) is 0 Å². The Bertz CT molecular complexity index is 553. The van der Waals surface area contributed by atoms with E-state index >= 15 is 0 Å². The molecule has 110 valence electrons. The van der Waals surface area contributed by atoms with Gasteiger partial charge in [-0.1, -0.05) is 31.7 Å². The smallest absolute Gasteiger partial charge is 0.138 e. The summed E-state index contributed by atoms with van der Waals surface area (Å²) in [4.78, 5) is 4.69. The maximum absolute atomic E-state index is 9.69. The molecule has 0 amide bonds. The van der Waals surface area contributed by atoms with E-state index in [9.17, 15) is 5.11 Å². The van der Waals surface area contributed by atoms with Crippen molar-refractivity contribution in [1.82, 2.24) is 14.7 Å². The number of aliphatic hydroxyl groups excluding tert-OH is 1. The Labute approximate surface area is 124 Å². The number of aliphatic hydroxyl groups is 1. The minimum atomic E-state index is -0.346. The van der Waals surface area contributed by atoms with Crippen LogP contribution >= 0.6 is 11.8 Å². The molecular weight excluding hydrogens is 270 g/mol. The number of pyridine rings is 1. The normalized spacial score (nSPS) is 14.6. The second-order valence-corrected chi connectivity index (χ2v) is 6.40. The molecule has 0 spiro atoms. The Hall–Kier alpha value is -1.04. The standard InChI is InChI=1S/C15H23N3OS/c1-4-8-16-10-13-15(20-12(3)11(2)19)17-14-7-5-6-9-18(13)14/h5-7,9,11-12,16,19H,4,8,10H2,1-3H3. The van der Waals surface area contributed by atoms with E-state index in [2.05, 4.69) is 21.6 Å². The van der Waals surface area contributed by atoms with Gasteiger partial charge in [-0.05, 0) is 32.0 Å². The van der Waals surface area contributed by atoms with E-state index in [1.807, 2.05) is 38.2 Å². The summed E-state index contributed by atoms with van der Waals surface area (Å²) < 4.78 is 2.12.